The van der Waals surface area contributed by atoms with Gasteiger partial charge < -0.3 is 4.74 Å². The van der Waals surface area contributed by atoms with Crippen molar-refractivity contribution in [3.8, 4) is 17.2 Å². The average Bonchev–Trinajstić information content (AvgIpc) is 2.84. The van der Waals surface area contributed by atoms with Crippen molar-refractivity contribution >= 4 is 16.9 Å². The van der Waals surface area contributed by atoms with Crippen LogP contribution in [0.5, 0.6) is 0 Å². The summed E-state index contributed by atoms with van der Waals surface area (Å²) >= 11 is 0. The van der Waals surface area contributed by atoms with Crippen LogP contribution in [0, 0.1) is 11.3 Å². The Labute approximate surface area is 185 Å². The van der Waals surface area contributed by atoms with E-state index in [4.69, 9.17) is 4.74 Å². The lowest BCUT2D eigenvalue weighted by Crippen LogP contribution is -2.23. The number of para-hydroxylation sites is 1. The van der Waals surface area contributed by atoms with Crippen LogP contribution in [0.3, 0.4) is 0 Å². The summed E-state index contributed by atoms with van der Waals surface area (Å²) in [6.07, 6.45) is 0.450. The first kappa shape index (κ1) is 21.0. The number of carbonyl (C=O) groups excluding carboxylic acids is 1. The molecule has 0 fully saturated rings. The van der Waals surface area contributed by atoms with Crippen LogP contribution < -0.4 is 5.56 Å². The van der Waals surface area contributed by atoms with Crippen LogP contribution in [0.2, 0.25) is 0 Å². The van der Waals surface area contributed by atoms with Crippen LogP contribution in [-0.2, 0) is 29.6 Å². The first-order valence-corrected chi connectivity index (χ1v) is 10.3. The van der Waals surface area contributed by atoms with Gasteiger partial charge >= 0.3 is 5.97 Å². The van der Waals surface area contributed by atoms with Crippen molar-refractivity contribution in [2.45, 2.75) is 19.4 Å². The highest BCUT2D eigenvalue weighted by Crippen LogP contribution is 2.23. The van der Waals surface area contributed by atoms with E-state index in [-0.39, 0.29) is 24.6 Å². The molecule has 1 aromatic heterocycles. The van der Waals surface area contributed by atoms with Crippen molar-refractivity contribution in [1.82, 2.24) is 9.55 Å². The number of aromatic nitrogens is 2. The molecule has 158 valence electrons. The van der Waals surface area contributed by atoms with Gasteiger partial charge in [-0.1, -0.05) is 54.6 Å². The Morgan fingerprint density at radius 1 is 1.03 bits per heavy atom. The average molecular weight is 423 g/mol. The predicted molar refractivity (Wildman–Crippen MR) is 122 cm³/mol. The largest absolute Gasteiger partial charge is 0.461 e. The summed E-state index contributed by atoms with van der Waals surface area (Å²) in [7, 11) is 1.66. The molecule has 0 atom stereocenters. The Hall–Kier alpha value is -4.24. The predicted octanol–water partition coefficient (Wildman–Crippen LogP) is 4.15. The van der Waals surface area contributed by atoms with Gasteiger partial charge in [0.15, 0.2) is 0 Å². The summed E-state index contributed by atoms with van der Waals surface area (Å²) in [5, 5.41) is 9.82. The summed E-state index contributed by atoms with van der Waals surface area (Å²) < 4.78 is 6.87. The number of ether oxygens (including phenoxy) is 1. The van der Waals surface area contributed by atoms with Gasteiger partial charge in [-0.15, -0.1) is 0 Å². The lowest BCUT2D eigenvalue weighted by molar-refractivity contribution is -0.144. The molecule has 1 heterocycles. The Balaban J connectivity index is 1.37. The smallest absolute Gasteiger partial charge is 0.306 e. The monoisotopic (exact) mass is 423 g/mol. The number of rotatable bonds is 6. The van der Waals surface area contributed by atoms with Gasteiger partial charge in [-0.05, 0) is 34.9 Å². The third kappa shape index (κ3) is 4.42. The SMILES string of the molecule is Cn1c(CCC(=O)OCc2ccc(-c3ccccc3C#N)cc2)nc2ccccc2c1=O. The van der Waals surface area contributed by atoms with Crippen LogP contribution in [0.25, 0.3) is 22.0 Å². The van der Waals surface area contributed by atoms with Gasteiger partial charge in [-0.25, -0.2) is 4.98 Å². The zero-order valence-electron chi connectivity index (χ0n) is 17.6. The number of esters is 1. The fourth-order valence-electron chi connectivity index (χ4n) is 3.55. The third-order valence-corrected chi connectivity index (χ3v) is 5.34. The topological polar surface area (TPSA) is 85.0 Å². The molecule has 0 N–H and O–H groups in total. The Morgan fingerprint density at radius 3 is 2.53 bits per heavy atom. The molecule has 0 saturated carbocycles. The van der Waals surface area contributed by atoms with E-state index < -0.39 is 0 Å². The molecule has 3 aromatic carbocycles. The van der Waals surface area contributed by atoms with Crippen molar-refractivity contribution in [3.05, 3.63) is 100 Å². The van der Waals surface area contributed by atoms with Gasteiger partial charge in [0.05, 0.1) is 29.0 Å². The lowest BCUT2D eigenvalue weighted by atomic mass is 9.99. The first-order valence-electron chi connectivity index (χ1n) is 10.3. The van der Waals surface area contributed by atoms with E-state index in [1.807, 2.05) is 48.5 Å². The minimum atomic E-state index is -0.355. The number of benzene rings is 3. The van der Waals surface area contributed by atoms with E-state index in [0.717, 1.165) is 16.7 Å². The maximum Gasteiger partial charge on any atom is 0.306 e. The van der Waals surface area contributed by atoms with E-state index in [0.29, 0.717) is 28.7 Å². The molecule has 6 heteroatoms. The van der Waals surface area contributed by atoms with Crippen LogP contribution in [0.4, 0.5) is 0 Å². The van der Waals surface area contributed by atoms with Crippen molar-refractivity contribution in [1.29, 1.82) is 5.26 Å². The van der Waals surface area contributed by atoms with E-state index in [1.165, 1.54) is 4.57 Å². The quantitative estimate of drug-likeness (QED) is 0.435. The fourth-order valence-corrected chi connectivity index (χ4v) is 3.55. The van der Waals surface area contributed by atoms with Crippen molar-refractivity contribution in [2.24, 2.45) is 7.05 Å². The normalized spacial score (nSPS) is 10.6. The summed E-state index contributed by atoms with van der Waals surface area (Å²) in [5.41, 5.74) is 3.76. The van der Waals surface area contributed by atoms with E-state index in [2.05, 4.69) is 11.1 Å². The third-order valence-electron chi connectivity index (χ3n) is 5.34. The molecule has 32 heavy (non-hydrogen) atoms. The summed E-state index contributed by atoms with van der Waals surface area (Å²) in [6.45, 7) is 0.156. The molecule has 4 rings (SSSR count). The molecule has 0 aliphatic carbocycles. The molecular weight excluding hydrogens is 402 g/mol. The van der Waals surface area contributed by atoms with Gasteiger partial charge in [0, 0.05) is 13.5 Å². The molecule has 0 unspecified atom stereocenters. The maximum atomic E-state index is 12.5. The zero-order chi connectivity index (χ0) is 22.5. The van der Waals surface area contributed by atoms with Crippen molar-refractivity contribution in [3.63, 3.8) is 0 Å². The van der Waals surface area contributed by atoms with Gasteiger partial charge in [0.25, 0.3) is 5.56 Å². The Kier molecular flexibility index (Phi) is 6.09. The number of fused-ring (bicyclic) bond motifs is 1. The number of aryl methyl sites for hydroxylation is 1. The van der Waals surface area contributed by atoms with Crippen LogP contribution in [0.1, 0.15) is 23.4 Å². The standard InChI is InChI=1S/C26H21N3O3/c1-29-24(28-23-9-5-4-8-22(23)26(29)31)14-15-25(30)32-17-18-10-12-19(13-11-18)21-7-3-2-6-20(21)16-27/h2-13H,14-15,17H2,1H3. The van der Waals surface area contributed by atoms with Crippen LogP contribution >= 0.6 is 0 Å². The van der Waals surface area contributed by atoms with Gasteiger partial charge in [0.2, 0.25) is 0 Å². The number of carbonyl (C=O) groups is 1. The molecular formula is C26H21N3O3. The minimum absolute atomic E-state index is 0.128. The van der Waals surface area contributed by atoms with E-state index >= 15 is 0 Å². The van der Waals surface area contributed by atoms with Gasteiger partial charge in [0.1, 0.15) is 12.4 Å². The Morgan fingerprint density at radius 2 is 1.75 bits per heavy atom. The number of hydrogen-bond donors (Lipinski definition) is 0. The summed E-state index contributed by atoms with van der Waals surface area (Å²) in [6, 6.07) is 24.4. The van der Waals surface area contributed by atoms with Gasteiger partial charge in [-0.3, -0.25) is 14.2 Å². The zero-order valence-corrected chi connectivity index (χ0v) is 17.6. The molecule has 6 nitrogen and oxygen atoms in total. The van der Waals surface area contributed by atoms with Crippen LogP contribution in [-0.4, -0.2) is 15.5 Å². The number of nitrogens with zero attached hydrogens (tertiary/aromatic N) is 3. The molecule has 0 spiro atoms. The minimum Gasteiger partial charge on any atom is -0.461 e. The highest BCUT2D eigenvalue weighted by Gasteiger charge is 2.11. The second kappa shape index (κ2) is 9.27. The summed E-state index contributed by atoms with van der Waals surface area (Å²) in [5.74, 6) is 0.192. The second-order valence-corrected chi connectivity index (χ2v) is 7.42. The molecule has 0 aliphatic rings. The maximum absolute atomic E-state index is 12.5. The molecule has 0 radical (unpaired) electrons. The molecule has 0 bridgehead atoms. The van der Waals surface area contributed by atoms with Crippen LogP contribution in [0.15, 0.2) is 77.6 Å². The highest BCUT2D eigenvalue weighted by molar-refractivity contribution is 5.77. The summed E-state index contributed by atoms with van der Waals surface area (Å²) in [4.78, 5) is 29.2. The molecule has 0 amide bonds. The number of nitriles is 1. The van der Waals surface area contributed by atoms with E-state index in [1.54, 1.807) is 31.3 Å². The fraction of sp³-hybridized carbons (Fsp3) is 0.154. The first-order chi connectivity index (χ1) is 15.6. The van der Waals surface area contributed by atoms with Gasteiger partial charge in [-0.2, -0.15) is 5.26 Å². The molecule has 0 saturated heterocycles. The molecule has 4 aromatic rings. The van der Waals surface area contributed by atoms with Crippen molar-refractivity contribution in [2.75, 3.05) is 0 Å². The van der Waals surface area contributed by atoms with E-state index in [9.17, 15) is 14.9 Å². The lowest BCUT2D eigenvalue weighted by Gasteiger charge is -2.10. The Bertz CT molecular complexity index is 1380. The highest BCUT2D eigenvalue weighted by atomic mass is 16.5. The molecule has 0 aliphatic heterocycles. The number of hydrogen-bond acceptors (Lipinski definition) is 5. The van der Waals surface area contributed by atoms with Crippen molar-refractivity contribution < 1.29 is 9.53 Å². The second-order valence-electron chi connectivity index (χ2n) is 7.42.